The van der Waals surface area contributed by atoms with Gasteiger partial charge in [0.2, 0.25) is 5.96 Å². The molecule has 72 valence electrons. The standard InChI is InChI=1S/C5H15N3O3P/c1-3-10-12(9,11-4-2)8-5(6)7/h9H,3-4H2,1-2H3,(H4,6,7,8)/q+1. The predicted octanol–water partition coefficient (Wildman–Crippen LogP) is 0.00270. The molecule has 6 nitrogen and oxygen atoms in total. The van der Waals surface area contributed by atoms with Crippen molar-refractivity contribution in [3.63, 3.8) is 0 Å². The number of hydrogen-bond acceptors (Lipinski definition) is 4. The minimum absolute atomic E-state index is 0.243. The highest BCUT2D eigenvalue weighted by atomic mass is 31.2. The molecule has 0 aromatic heterocycles. The van der Waals surface area contributed by atoms with E-state index in [0.29, 0.717) is 13.2 Å². The smallest absolute Gasteiger partial charge is 0.367 e. The van der Waals surface area contributed by atoms with Crippen molar-refractivity contribution in [2.75, 3.05) is 13.2 Å². The lowest BCUT2D eigenvalue weighted by Gasteiger charge is -2.08. The second-order valence-electron chi connectivity index (χ2n) is 1.85. The van der Waals surface area contributed by atoms with Gasteiger partial charge in [0.1, 0.15) is 0 Å². The maximum atomic E-state index is 9.50. The second kappa shape index (κ2) is 5.27. The summed E-state index contributed by atoms with van der Waals surface area (Å²) >= 11 is 0. The zero-order valence-electron chi connectivity index (χ0n) is 7.23. The Morgan fingerprint density at radius 1 is 1.33 bits per heavy atom. The van der Waals surface area contributed by atoms with E-state index in [1.807, 2.05) is 0 Å². The van der Waals surface area contributed by atoms with Crippen molar-refractivity contribution in [3.8, 4) is 0 Å². The first kappa shape index (κ1) is 11.6. The number of hydrogen-bond donors (Lipinski definition) is 3. The highest BCUT2D eigenvalue weighted by Crippen LogP contribution is 2.58. The van der Waals surface area contributed by atoms with Gasteiger partial charge in [-0.3, -0.25) is 0 Å². The number of guanidine groups is 1. The van der Waals surface area contributed by atoms with Crippen molar-refractivity contribution in [1.29, 1.82) is 0 Å². The van der Waals surface area contributed by atoms with Gasteiger partial charge in [-0.25, -0.2) is 0 Å². The van der Waals surface area contributed by atoms with Crippen LogP contribution in [0.2, 0.25) is 0 Å². The van der Waals surface area contributed by atoms with Crippen LogP contribution >= 0.6 is 8.09 Å². The lowest BCUT2D eigenvalue weighted by atomic mass is 10.9. The zero-order chi connectivity index (χ0) is 9.61. The first-order valence-electron chi connectivity index (χ1n) is 3.56. The molecule has 0 unspecified atom stereocenters. The summed E-state index contributed by atoms with van der Waals surface area (Å²) in [7, 11) is -3.19. The summed E-state index contributed by atoms with van der Waals surface area (Å²) < 4.78 is 13.2. The van der Waals surface area contributed by atoms with Crippen LogP contribution in [0.5, 0.6) is 0 Å². The van der Waals surface area contributed by atoms with Crippen LogP contribution in [-0.2, 0) is 9.05 Å². The van der Waals surface area contributed by atoms with Crippen molar-refractivity contribution in [2.45, 2.75) is 13.8 Å². The summed E-state index contributed by atoms with van der Waals surface area (Å²) in [5, 5.41) is 0. The minimum Gasteiger partial charge on any atom is -0.367 e. The molecule has 0 bridgehead atoms. The van der Waals surface area contributed by atoms with Gasteiger partial charge in [-0.15, -0.1) is 0 Å². The maximum absolute atomic E-state index is 9.50. The average Bonchev–Trinajstić information content (AvgIpc) is 1.85. The fraction of sp³-hybridized carbons (Fsp3) is 0.800. The third-order valence-corrected chi connectivity index (χ3v) is 2.51. The number of nitrogens with zero attached hydrogens (tertiary/aromatic N) is 1. The highest BCUT2D eigenvalue weighted by molar-refractivity contribution is 7.59. The normalized spacial score (nSPS) is 11.2. The van der Waals surface area contributed by atoms with Gasteiger partial charge < -0.3 is 11.5 Å². The first-order valence-corrected chi connectivity index (χ1v) is 5.09. The Balaban J connectivity index is 4.27. The molecule has 0 radical (unpaired) electrons. The molecule has 12 heavy (non-hydrogen) atoms. The van der Waals surface area contributed by atoms with E-state index in [9.17, 15) is 4.89 Å². The molecule has 0 aliphatic rings. The van der Waals surface area contributed by atoms with Crippen molar-refractivity contribution < 1.29 is 13.9 Å². The molecule has 0 aromatic carbocycles. The molecule has 0 saturated heterocycles. The summed E-state index contributed by atoms with van der Waals surface area (Å²) in [6, 6.07) is 0. The van der Waals surface area contributed by atoms with Crippen molar-refractivity contribution >= 4 is 14.1 Å². The van der Waals surface area contributed by atoms with Gasteiger partial charge in [0.25, 0.3) is 0 Å². The first-order chi connectivity index (χ1) is 5.54. The van der Waals surface area contributed by atoms with Crippen molar-refractivity contribution in [1.82, 2.24) is 0 Å². The highest BCUT2D eigenvalue weighted by Gasteiger charge is 2.41. The summed E-state index contributed by atoms with van der Waals surface area (Å²) in [4.78, 5) is 9.50. The maximum Gasteiger partial charge on any atom is 0.554 e. The molecular formula is C5H15N3O3P+. The van der Waals surface area contributed by atoms with Gasteiger partial charge in [0.05, 0.1) is 13.2 Å². The van der Waals surface area contributed by atoms with E-state index in [1.54, 1.807) is 13.8 Å². The monoisotopic (exact) mass is 196 g/mol. The average molecular weight is 196 g/mol. The van der Waals surface area contributed by atoms with E-state index in [4.69, 9.17) is 20.5 Å². The lowest BCUT2D eigenvalue weighted by molar-refractivity contribution is 0.190. The van der Waals surface area contributed by atoms with Crippen molar-refractivity contribution in [3.05, 3.63) is 0 Å². The van der Waals surface area contributed by atoms with Gasteiger partial charge in [-0.2, -0.15) is 13.9 Å². The molecular weight excluding hydrogens is 181 g/mol. The Morgan fingerprint density at radius 3 is 2.00 bits per heavy atom. The zero-order valence-corrected chi connectivity index (χ0v) is 8.12. The fourth-order valence-electron chi connectivity index (χ4n) is 0.577. The number of rotatable bonds is 5. The third kappa shape index (κ3) is 4.46. The van der Waals surface area contributed by atoms with Crippen LogP contribution in [0.25, 0.3) is 0 Å². The van der Waals surface area contributed by atoms with Crippen molar-refractivity contribution in [2.24, 2.45) is 16.2 Å². The Bertz CT molecular complexity index is 154. The quantitative estimate of drug-likeness (QED) is 0.326. The SMILES string of the molecule is CCO[P+](O)(N=C(N)N)OCC. The van der Waals surface area contributed by atoms with E-state index in [1.165, 1.54) is 0 Å². The lowest BCUT2D eigenvalue weighted by Crippen LogP contribution is -2.23. The summed E-state index contributed by atoms with van der Waals surface area (Å²) in [5.74, 6) is -0.243. The van der Waals surface area contributed by atoms with Crippen LogP contribution in [0.15, 0.2) is 4.76 Å². The van der Waals surface area contributed by atoms with E-state index in [0.717, 1.165) is 0 Å². The van der Waals surface area contributed by atoms with Crippen LogP contribution in [0.1, 0.15) is 13.8 Å². The van der Waals surface area contributed by atoms with Crippen LogP contribution in [0.3, 0.4) is 0 Å². The van der Waals surface area contributed by atoms with E-state index in [2.05, 4.69) is 4.76 Å². The Kier molecular flexibility index (Phi) is 5.08. The van der Waals surface area contributed by atoms with Gasteiger partial charge in [-0.1, -0.05) is 0 Å². The molecule has 0 atom stereocenters. The molecule has 7 heteroatoms. The molecule has 0 heterocycles. The molecule has 0 aliphatic carbocycles. The molecule has 0 aliphatic heterocycles. The largest absolute Gasteiger partial charge is 0.554 e. The van der Waals surface area contributed by atoms with Gasteiger partial charge in [0, 0.05) is 0 Å². The molecule has 0 fully saturated rings. The van der Waals surface area contributed by atoms with Crippen LogP contribution in [0.4, 0.5) is 0 Å². The number of nitrogens with two attached hydrogens (primary N) is 2. The molecule has 0 saturated carbocycles. The summed E-state index contributed by atoms with van der Waals surface area (Å²) in [6.07, 6.45) is 0. The van der Waals surface area contributed by atoms with Gasteiger partial charge in [0.15, 0.2) is 0 Å². The van der Waals surface area contributed by atoms with Crippen LogP contribution in [-0.4, -0.2) is 24.1 Å². The topological polar surface area (TPSA) is 103 Å². The van der Waals surface area contributed by atoms with Gasteiger partial charge >= 0.3 is 8.09 Å². The minimum atomic E-state index is -3.19. The van der Waals surface area contributed by atoms with E-state index < -0.39 is 8.09 Å². The van der Waals surface area contributed by atoms with Crippen LogP contribution < -0.4 is 11.5 Å². The molecule has 0 spiro atoms. The summed E-state index contributed by atoms with van der Waals surface area (Å²) in [5.41, 5.74) is 10.1. The molecule has 0 amide bonds. The predicted molar refractivity (Wildman–Crippen MR) is 48.2 cm³/mol. The Morgan fingerprint density at radius 2 is 1.75 bits per heavy atom. The van der Waals surface area contributed by atoms with E-state index in [-0.39, 0.29) is 5.96 Å². The molecule has 0 aromatic rings. The second-order valence-corrected chi connectivity index (χ2v) is 3.55. The van der Waals surface area contributed by atoms with E-state index >= 15 is 0 Å². The van der Waals surface area contributed by atoms with Crippen LogP contribution in [0, 0.1) is 0 Å². The fourth-order valence-corrected chi connectivity index (χ4v) is 1.73. The summed E-state index contributed by atoms with van der Waals surface area (Å²) in [6.45, 7) is 4.01. The Hall–Kier alpha value is -0.420. The molecule has 0 rings (SSSR count). The third-order valence-electron chi connectivity index (χ3n) is 0.836. The van der Waals surface area contributed by atoms with Gasteiger partial charge in [-0.05, 0) is 18.6 Å². The molecule has 5 N–H and O–H groups in total. The Labute approximate surface area is 72.2 Å².